The molecule has 1 aromatic rings. The van der Waals surface area contributed by atoms with Gasteiger partial charge < -0.3 is 14.4 Å². The number of benzene rings is 1. The van der Waals surface area contributed by atoms with Gasteiger partial charge in [0, 0.05) is 18.5 Å². The van der Waals surface area contributed by atoms with Crippen LogP contribution in [0.3, 0.4) is 0 Å². The molecule has 1 aliphatic heterocycles. The standard InChI is InChI=1S/C17H23NO4/c1-17(2,3)22-16(20)18-9-10-21-12-14(18)11-15(19)13-7-5-4-6-8-13/h4-8,14H,9-12H2,1-3H3. The Bertz CT molecular complexity index is 521. The summed E-state index contributed by atoms with van der Waals surface area (Å²) in [4.78, 5) is 26.2. The SMILES string of the molecule is CC(C)(C)OC(=O)N1CCOCC1CC(=O)c1ccccc1. The largest absolute Gasteiger partial charge is 0.444 e. The van der Waals surface area contributed by atoms with Gasteiger partial charge in [-0.2, -0.15) is 0 Å². The van der Waals surface area contributed by atoms with Crippen LogP contribution in [0.15, 0.2) is 30.3 Å². The zero-order valence-electron chi connectivity index (χ0n) is 13.4. The van der Waals surface area contributed by atoms with Crippen LogP contribution in [0.25, 0.3) is 0 Å². The fourth-order valence-corrected chi connectivity index (χ4v) is 2.34. The van der Waals surface area contributed by atoms with Crippen LogP contribution in [-0.4, -0.2) is 48.2 Å². The highest BCUT2D eigenvalue weighted by atomic mass is 16.6. The van der Waals surface area contributed by atoms with E-state index < -0.39 is 5.60 Å². The van der Waals surface area contributed by atoms with Crippen molar-refractivity contribution in [3.63, 3.8) is 0 Å². The summed E-state index contributed by atoms with van der Waals surface area (Å²) in [5, 5.41) is 0. The molecule has 0 spiro atoms. The highest BCUT2D eigenvalue weighted by Gasteiger charge is 2.32. The smallest absolute Gasteiger partial charge is 0.410 e. The lowest BCUT2D eigenvalue weighted by molar-refractivity contribution is -0.0322. The lowest BCUT2D eigenvalue weighted by Crippen LogP contribution is -2.51. The molecule has 1 unspecified atom stereocenters. The molecule has 5 heteroatoms. The van der Waals surface area contributed by atoms with E-state index in [1.54, 1.807) is 17.0 Å². The van der Waals surface area contributed by atoms with E-state index >= 15 is 0 Å². The second-order valence-electron chi connectivity index (χ2n) is 6.40. The van der Waals surface area contributed by atoms with Crippen molar-refractivity contribution in [1.29, 1.82) is 0 Å². The maximum Gasteiger partial charge on any atom is 0.410 e. The molecule has 0 N–H and O–H groups in total. The van der Waals surface area contributed by atoms with E-state index in [1.165, 1.54) is 0 Å². The average molecular weight is 305 g/mol. The van der Waals surface area contributed by atoms with E-state index in [2.05, 4.69) is 0 Å². The van der Waals surface area contributed by atoms with Crippen molar-refractivity contribution in [1.82, 2.24) is 4.90 Å². The molecule has 1 saturated heterocycles. The number of nitrogens with zero attached hydrogens (tertiary/aromatic N) is 1. The predicted molar refractivity (Wildman–Crippen MR) is 82.9 cm³/mol. The van der Waals surface area contributed by atoms with Crippen LogP contribution < -0.4 is 0 Å². The molecule has 1 aromatic carbocycles. The Balaban J connectivity index is 2.04. The summed E-state index contributed by atoms with van der Waals surface area (Å²) >= 11 is 0. The van der Waals surface area contributed by atoms with Crippen LogP contribution in [0.4, 0.5) is 4.79 Å². The Morgan fingerprint density at radius 1 is 1.27 bits per heavy atom. The Morgan fingerprint density at radius 2 is 1.95 bits per heavy atom. The molecule has 5 nitrogen and oxygen atoms in total. The van der Waals surface area contributed by atoms with Crippen LogP contribution in [0, 0.1) is 0 Å². The molecule has 1 heterocycles. The van der Waals surface area contributed by atoms with E-state index in [0.29, 0.717) is 25.3 Å². The van der Waals surface area contributed by atoms with E-state index in [4.69, 9.17) is 9.47 Å². The molecule has 0 bridgehead atoms. The van der Waals surface area contributed by atoms with Gasteiger partial charge in [0.2, 0.25) is 0 Å². The summed E-state index contributed by atoms with van der Waals surface area (Å²) in [5.41, 5.74) is 0.0980. The number of ether oxygens (including phenoxy) is 2. The number of carbonyl (C=O) groups excluding carboxylic acids is 2. The first kappa shape index (κ1) is 16.5. The zero-order valence-corrected chi connectivity index (χ0v) is 13.4. The number of hydrogen-bond acceptors (Lipinski definition) is 4. The Labute approximate surface area is 131 Å². The number of amides is 1. The minimum Gasteiger partial charge on any atom is -0.444 e. The maximum absolute atomic E-state index is 12.3. The molecule has 1 atom stereocenters. The van der Waals surface area contributed by atoms with Gasteiger partial charge in [-0.3, -0.25) is 4.79 Å². The second kappa shape index (κ2) is 6.92. The van der Waals surface area contributed by atoms with Crippen molar-refractivity contribution in [2.24, 2.45) is 0 Å². The van der Waals surface area contributed by atoms with Crippen molar-refractivity contribution in [3.05, 3.63) is 35.9 Å². The van der Waals surface area contributed by atoms with E-state index in [-0.39, 0.29) is 24.3 Å². The van der Waals surface area contributed by atoms with Crippen LogP contribution in [0.2, 0.25) is 0 Å². The summed E-state index contributed by atoms with van der Waals surface area (Å²) in [6.45, 7) is 6.76. The third kappa shape index (κ3) is 4.56. The van der Waals surface area contributed by atoms with Gasteiger partial charge in [-0.15, -0.1) is 0 Å². The van der Waals surface area contributed by atoms with Crippen LogP contribution in [0.1, 0.15) is 37.6 Å². The highest BCUT2D eigenvalue weighted by molar-refractivity contribution is 5.96. The van der Waals surface area contributed by atoms with E-state index in [1.807, 2.05) is 39.0 Å². The summed E-state index contributed by atoms with van der Waals surface area (Å²) in [6.07, 6.45) is -0.148. The lowest BCUT2D eigenvalue weighted by Gasteiger charge is -2.36. The lowest BCUT2D eigenvalue weighted by atomic mass is 10.0. The summed E-state index contributed by atoms with van der Waals surface area (Å²) in [7, 11) is 0. The number of hydrogen-bond donors (Lipinski definition) is 0. The van der Waals surface area contributed by atoms with Crippen LogP contribution in [-0.2, 0) is 9.47 Å². The van der Waals surface area contributed by atoms with Gasteiger partial charge in [0.25, 0.3) is 0 Å². The number of ketones is 1. The van der Waals surface area contributed by atoms with Gasteiger partial charge >= 0.3 is 6.09 Å². The molecule has 1 aliphatic rings. The summed E-state index contributed by atoms with van der Waals surface area (Å²) in [5.74, 6) is 0.00431. The summed E-state index contributed by atoms with van der Waals surface area (Å²) < 4.78 is 10.8. The average Bonchev–Trinajstić information content (AvgIpc) is 2.47. The van der Waals surface area contributed by atoms with Crippen molar-refractivity contribution < 1.29 is 19.1 Å². The first-order valence-corrected chi connectivity index (χ1v) is 7.52. The first-order valence-electron chi connectivity index (χ1n) is 7.52. The predicted octanol–water partition coefficient (Wildman–Crippen LogP) is 2.90. The van der Waals surface area contributed by atoms with Crippen molar-refractivity contribution in [2.45, 2.75) is 38.8 Å². The number of carbonyl (C=O) groups is 2. The molecular formula is C17H23NO4. The first-order chi connectivity index (χ1) is 10.4. The molecule has 0 saturated carbocycles. The van der Waals surface area contributed by atoms with Gasteiger partial charge in [0.05, 0.1) is 19.3 Å². The molecule has 0 aromatic heterocycles. The fraction of sp³-hybridized carbons (Fsp3) is 0.529. The second-order valence-corrected chi connectivity index (χ2v) is 6.40. The Kier molecular flexibility index (Phi) is 5.19. The zero-order chi connectivity index (χ0) is 16.2. The van der Waals surface area contributed by atoms with Crippen molar-refractivity contribution >= 4 is 11.9 Å². The normalized spacial score (nSPS) is 18.9. The molecular weight excluding hydrogens is 282 g/mol. The fourth-order valence-electron chi connectivity index (χ4n) is 2.34. The highest BCUT2D eigenvalue weighted by Crippen LogP contribution is 2.18. The van der Waals surface area contributed by atoms with Crippen molar-refractivity contribution in [2.75, 3.05) is 19.8 Å². The molecule has 120 valence electrons. The molecule has 1 fully saturated rings. The summed E-state index contributed by atoms with van der Waals surface area (Å²) in [6, 6.07) is 8.81. The van der Waals surface area contributed by atoms with Gasteiger partial charge in [-0.1, -0.05) is 30.3 Å². The van der Waals surface area contributed by atoms with Gasteiger partial charge in [-0.25, -0.2) is 4.79 Å². The van der Waals surface area contributed by atoms with Crippen LogP contribution >= 0.6 is 0 Å². The van der Waals surface area contributed by atoms with E-state index in [0.717, 1.165) is 0 Å². The van der Waals surface area contributed by atoms with Crippen molar-refractivity contribution in [3.8, 4) is 0 Å². The van der Waals surface area contributed by atoms with Gasteiger partial charge in [0.1, 0.15) is 5.60 Å². The van der Waals surface area contributed by atoms with Gasteiger partial charge in [-0.05, 0) is 20.8 Å². The maximum atomic E-state index is 12.3. The molecule has 0 radical (unpaired) electrons. The van der Waals surface area contributed by atoms with Gasteiger partial charge in [0.15, 0.2) is 5.78 Å². The molecule has 1 amide bonds. The Hall–Kier alpha value is -1.88. The topological polar surface area (TPSA) is 55.8 Å². The minimum absolute atomic E-state index is 0.00431. The third-order valence-corrected chi connectivity index (χ3v) is 3.37. The van der Waals surface area contributed by atoms with Crippen LogP contribution in [0.5, 0.6) is 0 Å². The molecule has 0 aliphatic carbocycles. The Morgan fingerprint density at radius 3 is 2.59 bits per heavy atom. The number of morpholine rings is 1. The monoisotopic (exact) mass is 305 g/mol. The molecule has 22 heavy (non-hydrogen) atoms. The third-order valence-electron chi connectivity index (χ3n) is 3.37. The number of Topliss-reactive ketones (excluding diaryl/α,β-unsaturated/α-hetero) is 1. The van der Waals surface area contributed by atoms with E-state index in [9.17, 15) is 9.59 Å². The number of rotatable bonds is 3. The molecule has 2 rings (SSSR count). The minimum atomic E-state index is -0.552. The quantitative estimate of drug-likeness (QED) is 0.806.